The maximum atomic E-state index is 12.0. The number of rotatable bonds is 16. The molecule has 2 atom stereocenters. The molecule has 1 saturated heterocycles. The summed E-state index contributed by atoms with van der Waals surface area (Å²) in [5.41, 5.74) is -1.83. The van der Waals surface area contributed by atoms with E-state index < -0.39 is 23.5 Å². The minimum atomic E-state index is -1.83. The number of ether oxygens (including phenoxy) is 2. The molecule has 1 heterocycles. The summed E-state index contributed by atoms with van der Waals surface area (Å²) in [5.74, 6) is -2.08. The molecule has 1 fully saturated rings. The van der Waals surface area contributed by atoms with Crippen LogP contribution in [0, 0.1) is 5.92 Å². The zero-order valence-electron chi connectivity index (χ0n) is 18.1. The van der Waals surface area contributed by atoms with E-state index in [4.69, 9.17) is 9.47 Å². The largest absolute Gasteiger partial charge is 0.468 e. The molecule has 0 spiro atoms. The molecule has 0 aromatic carbocycles. The molecule has 1 aliphatic rings. The maximum Gasteiger partial charge on any atom is 0.339 e. The molecule has 166 valence electrons. The van der Waals surface area contributed by atoms with Crippen LogP contribution in [0.3, 0.4) is 0 Å². The summed E-state index contributed by atoms with van der Waals surface area (Å²) < 4.78 is 9.55. The van der Waals surface area contributed by atoms with Crippen LogP contribution >= 0.6 is 0 Å². The Hall–Kier alpha value is -1.69. The van der Waals surface area contributed by atoms with Crippen LogP contribution in [0.4, 0.5) is 0 Å². The van der Waals surface area contributed by atoms with Gasteiger partial charge in [0.25, 0.3) is 0 Å². The van der Waals surface area contributed by atoms with E-state index in [9.17, 15) is 19.5 Å². The number of cyclic esters (lactones) is 1. The van der Waals surface area contributed by atoms with Crippen LogP contribution in [0.2, 0.25) is 0 Å². The van der Waals surface area contributed by atoms with Crippen LogP contribution in [-0.2, 0) is 23.9 Å². The first-order valence-electron chi connectivity index (χ1n) is 11.1. The summed E-state index contributed by atoms with van der Waals surface area (Å²) in [7, 11) is 1.24. The average molecular weight is 411 g/mol. The number of hydrogen-bond donors (Lipinski definition) is 1. The first kappa shape index (κ1) is 25.3. The van der Waals surface area contributed by atoms with E-state index in [1.807, 2.05) is 6.08 Å². The zero-order valence-corrected chi connectivity index (χ0v) is 18.1. The van der Waals surface area contributed by atoms with Crippen LogP contribution < -0.4 is 0 Å². The number of hydrogen-bond acceptors (Lipinski definition) is 6. The van der Waals surface area contributed by atoms with Crippen LogP contribution in [0.25, 0.3) is 0 Å². The Bertz CT molecular complexity index is 541. The molecule has 0 aromatic heterocycles. The van der Waals surface area contributed by atoms with Gasteiger partial charge in [-0.3, -0.25) is 9.59 Å². The molecule has 0 bridgehead atoms. The Morgan fingerprint density at radius 1 is 1.10 bits per heavy atom. The number of unbranched alkanes of at least 4 members (excludes halogenated alkanes) is 8. The maximum absolute atomic E-state index is 12.0. The highest BCUT2D eigenvalue weighted by Crippen LogP contribution is 2.31. The first-order chi connectivity index (χ1) is 14.0. The van der Waals surface area contributed by atoms with Crippen molar-refractivity contribution in [2.75, 3.05) is 13.7 Å². The van der Waals surface area contributed by atoms with Crippen molar-refractivity contribution in [3.05, 3.63) is 12.2 Å². The van der Waals surface area contributed by atoms with Crippen molar-refractivity contribution in [3.8, 4) is 0 Å². The number of esters is 2. The lowest BCUT2D eigenvalue weighted by Gasteiger charge is -2.24. The topological polar surface area (TPSA) is 89.9 Å². The van der Waals surface area contributed by atoms with Gasteiger partial charge in [0.1, 0.15) is 11.7 Å². The summed E-state index contributed by atoms with van der Waals surface area (Å²) in [5, 5.41) is 10.5. The van der Waals surface area contributed by atoms with E-state index >= 15 is 0 Å². The molecule has 0 aliphatic carbocycles. The van der Waals surface area contributed by atoms with Gasteiger partial charge in [0, 0.05) is 19.3 Å². The summed E-state index contributed by atoms with van der Waals surface area (Å²) in [4.78, 5) is 35.6. The monoisotopic (exact) mass is 410 g/mol. The number of ketones is 1. The summed E-state index contributed by atoms with van der Waals surface area (Å²) in [6.07, 6.45) is 15.3. The van der Waals surface area contributed by atoms with Crippen molar-refractivity contribution >= 4 is 17.7 Å². The number of aliphatic hydroxyl groups is 1. The average Bonchev–Trinajstić information content (AvgIpc) is 3.05. The standard InChI is InChI=1S/C23H38O6/c1-3-4-5-8-11-14-19(24)15-12-9-6-7-10-13-16-20(21(25)28-2)23(27)17-18-29-22(23)26/h13,16,20,27H,3-12,14-15,17-18H2,1-2H3/b16-13-/t20-,23+/m1/s1. The van der Waals surface area contributed by atoms with Crippen molar-refractivity contribution in [3.63, 3.8) is 0 Å². The van der Waals surface area contributed by atoms with E-state index in [-0.39, 0.29) is 13.0 Å². The normalized spacial score (nSPS) is 20.0. The second-order valence-corrected chi connectivity index (χ2v) is 7.89. The van der Waals surface area contributed by atoms with Gasteiger partial charge in [-0.25, -0.2) is 4.79 Å². The minimum absolute atomic E-state index is 0.0859. The van der Waals surface area contributed by atoms with E-state index in [0.717, 1.165) is 44.9 Å². The molecule has 1 N–H and O–H groups in total. The molecule has 0 radical (unpaired) electrons. The van der Waals surface area contributed by atoms with E-state index in [0.29, 0.717) is 18.6 Å². The van der Waals surface area contributed by atoms with Gasteiger partial charge in [0.15, 0.2) is 5.60 Å². The third-order valence-electron chi connectivity index (χ3n) is 5.50. The van der Waals surface area contributed by atoms with Crippen LogP contribution in [0.15, 0.2) is 12.2 Å². The Labute approximate surface area is 175 Å². The highest BCUT2D eigenvalue weighted by atomic mass is 16.6. The Kier molecular flexibility index (Phi) is 12.5. The number of carbonyl (C=O) groups is 3. The Morgan fingerprint density at radius 2 is 1.72 bits per heavy atom. The summed E-state index contributed by atoms with van der Waals surface area (Å²) in [6, 6.07) is 0. The van der Waals surface area contributed by atoms with Gasteiger partial charge in [0.2, 0.25) is 0 Å². The lowest BCUT2D eigenvalue weighted by atomic mass is 9.85. The van der Waals surface area contributed by atoms with Gasteiger partial charge in [0.05, 0.1) is 13.7 Å². The Morgan fingerprint density at radius 3 is 2.28 bits per heavy atom. The molecule has 0 saturated carbocycles. The van der Waals surface area contributed by atoms with Crippen molar-refractivity contribution in [2.45, 2.75) is 96.0 Å². The smallest absolute Gasteiger partial charge is 0.339 e. The lowest BCUT2D eigenvalue weighted by Crippen LogP contribution is -2.45. The second-order valence-electron chi connectivity index (χ2n) is 7.89. The van der Waals surface area contributed by atoms with Gasteiger partial charge in [-0.05, 0) is 25.7 Å². The molecule has 1 aliphatic heterocycles. The predicted molar refractivity (Wildman–Crippen MR) is 111 cm³/mol. The van der Waals surface area contributed by atoms with Gasteiger partial charge in [-0.2, -0.15) is 0 Å². The highest BCUT2D eigenvalue weighted by Gasteiger charge is 2.51. The fraction of sp³-hybridized carbons (Fsp3) is 0.783. The van der Waals surface area contributed by atoms with E-state index in [1.54, 1.807) is 6.08 Å². The zero-order chi connectivity index (χ0) is 21.5. The molecule has 6 nitrogen and oxygen atoms in total. The summed E-state index contributed by atoms with van der Waals surface area (Å²) in [6.45, 7) is 2.29. The molecular weight excluding hydrogens is 372 g/mol. The number of allylic oxidation sites excluding steroid dienone is 1. The predicted octanol–water partition coefficient (Wildman–Crippen LogP) is 4.28. The first-order valence-corrected chi connectivity index (χ1v) is 11.1. The number of Topliss-reactive ketones (excluding diaryl/α,β-unsaturated/α-hetero) is 1. The van der Waals surface area contributed by atoms with Crippen LogP contribution in [0.5, 0.6) is 0 Å². The fourth-order valence-corrected chi connectivity index (χ4v) is 3.59. The molecule has 29 heavy (non-hydrogen) atoms. The number of methoxy groups -OCH3 is 1. The van der Waals surface area contributed by atoms with Gasteiger partial charge < -0.3 is 14.6 Å². The number of carbonyl (C=O) groups excluding carboxylic acids is 3. The third-order valence-corrected chi connectivity index (χ3v) is 5.50. The van der Waals surface area contributed by atoms with Gasteiger partial charge in [-0.1, -0.05) is 57.6 Å². The van der Waals surface area contributed by atoms with E-state index in [2.05, 4.69) is 6.92 Å². The molecule has 0 aromatic rings. The van der Waals surface area contributed by atoms with Gasteiger partial charge in [-0.15, -0.1) is 0 Å². The van der Waals surface area contributed by atoms with Crippen molar-refractivity contribution in [1.29, 1.82) is 0 Å². The van der Waals surface area contributed by atoms with Crippen molar-refractivity contribution < 1.29 is 29.0 Å². The van der Waals surface area contributed by atoms with Crippen LogP contribution in [-0.4, -0.2) is 42.1 Å². The second kappa shape index (κ2) is 14.3. The summed E-state index contributed by atoms with van der Waals surface area (Å²) >= 11 is 0. The molecule has 1 rings (SSSR count). The highest BCUT2D eigenvalue weighted by molar-refractivity contribution is 5.89. The SMILES string of the molecule is CCCCCCCC(=O)CCCCCC/C=C\[C@H](C(=O)OC)[C@@]1(O)CCOC1=O. The molecule has 6 heteroatoms. The molecule has 0 unspecified atom stereocenters. The van der Waals surface area contributed by atoms with Crippen molar-refractivity contribution in [2.24, 2.45) is 5.92 Å². The lowest BCUT2D eigenvalue weighted by molar-refractivity contribution is -0.166. The molecule has 0 amide bonds. The minimum Gasteiger partial charge on any atom is -0.468 e. The quantitative estimate of drug-likeness (QED) is 0.232. The molecular formula is C23H38O6. The third kappa shape index (κ3) is 9.11. The van der Waals surface area contributed by atoms with Gasteiger partial charge >= 0.3 is 11.9 Å². The Balaban J connectivity index is 2.19. The van der Waals surface area contributed by atoms with Crippen molar-refractivity contribution in [1.82, 2.24) is 0 Å². The van der Waals surface area contributed by atoms with E-state index in [1.165, 1.54) is 26.4 Å². The fourth-order valence-electron chi connectivity index (χ4n) is 3.59. The van der Waals surface area contributed by atoms with Crippen LogP contribution in [0.1, 0.15) is 90.4 Å².